The number of nitrogens with zero attached hydrogens (tertiary/aromatic N) is 1. The molecule has 0 unspecified atom stereocenters. The number of aromatic hydroxyl groups is 1. The van der Waals surface area contributed by atoms with Crippen molar-refractivity contribution < 1.29 is 9.84 Å². The van der Waals surface area contributed by atoms with Crippen molar-refractivity contribution in [1.82, 2.24) is 4.90 Å². The van der Waals surface area contributed by atoms with Gasteiger partial charge in [-0.05, 0) is 50.1 Å². The fraction of sp³-hybridized carbons (Fsp3) is 0.444. The fourth-order valence-electron chi connectivity index (χ4n) is 4.48. The summed E-state index contributed by atoms with van der Waals surface area (Å²) >= 11 is 0. The minimum Gasteiger partial charge on any atom is -0.504 e. The van der Waals surface area contributed by atoms with E-state index >= 15 is 0 Å². The Balaban J connectivity index is 2.00. The summed E-state index contributed by atoms with van der Waals surface area (Å²) in [5.41, 5.74) is 3.83. The maximum absolute atomic E-state index is 10.8. The first-order valence-electron chi connectivity index (χ1n) is 7.64. The van der Waals surface area contributed by atoms with Crippen molar-refractivity contribution in [1.29, 1.82) is 0 Å². The second-order valence-corrected chi connectivity index (χ2v) is 6.44. The SMILES string of the molecule is COc1ccc2c(c1O)[C@@]13CC=CC=C1[C@@H](C2)N(C)CC3. The van der Waals surface area contributed by atoms with Crippen LogP contribution in [0.5, 0.6) is 11.5 Å². The van der Waals surface area contributed by atoms with Gasteiger partial charge in [-0.1, -0.05) is 24.3 Å². The van der Waals surface area contributed by atoms with Gasteiger partial charge in [0.15, 0.2) is 11.5 Å². The number of rotatable bonds is 1. The van der Waals surface area contributed by atoms with E-state index in [1.807, 2.05) is 6.07 Å². The zero-order chi connectivity index (χ0) is 14.6. The van der Waals surface area contributed by atoms with Crippen molar-refractivity contribution in [2.45, 2.75) is 30.7 Å². The number of hydrogen-bond donors (Lipinski definition) is 1. The van der Waals surface area contributed by atoms with Gasteiger partial charge in [0.1, 0.15) is 0 Å². The summed E-state index contributed by atoms with van der Waals surface area (Å²) in [6.07, 6.45) is 9.69. The van der Waals surface area contributed by atoms with Crippen molar-refractivity contribution >= 4 is 0 Å². The van der Waals surface area contributed by atoms with Crippen LogP contribution in [0.2, 0.25) is 0 Å². The number of methoxy groups -OCH3 is 1. The quantitative estimate of drug-likeness (QED) is 0.860. The summed E-state index contributed by atoms with van der Waals surface area (Å²) in [7, 11) is 3.83. The molecule has 1 fully saturated rings. The van der Waals surface area contributed by atoms with Crippen LogP contribution >= 0.6 is 0 Å². The largest absolute Gasteiger partial charge is 0.504 e. The number of likely N-dealkylation sites (tertiary alicyclic amines) is 1. The van der Waals surface area contributed by atoms with Gasteiger partial charge < -0.3 is 9.84 Å². The van der Waals surface area contributed by atoms with Crippen LogP contribution in [0.1, 0.15) is 24.0 Å². The number of phenols is 1. The predicted molar refractivity (Wildman–Crippen MR) is 82.9 cm³/mol. The van der Waals surface area contributed by atoms with Crippen LogP contribution in [0.3, 0.4) is 0 Å². The van der Waals surface area contributed by atoms with E-state index in [2.05, 4.69) is 36.2 Å². The van der Waals surface area contributed by atoms with Gasteiger partial charge >= 0.3 is 0 Å². The normalized spacial score (nSPS) is 30.4. The number of fused-ring (bicyclic) bond motifs is 1. The lowest BCUT2D eigenvalue weighted by atomic mass is 9.58. The van der Waals surface area contributed by atoms with Crippen LogP contribution in [0.4, 0.5) is 0 Å². The van der Waals surface area contributed by atoms with Gasteiger partial charge in [-0.15, -0.1) is 0 Å². The van der Waals surface area contributed by atoms with Gasteiger partial charge in [0, 0.05) is 17.0 Å². The standard InChI is InChI=1S/C18H21NO2/c1-19-10-9-18-8-4-3-5-13(18)14(19)11-12-6-7-15(21-2)17(20)16(12)18/h3-7,14,20H,8-11H2,1-2H3/t14-,18-/m1/s1. The van der Waals surface area contributed by atoms with Crippen molar-refractivity contribution in [2.24, 2.45) is 0 Å². The molecule has 0 spiro atoms. The van der Waals surface area contributed by atoms with E-state index in [4.69, 9.17) is 4.74 Å². The van der Waals surface area contributed by atoms with Crippen LogP contribution in [-0.4, -0.2) is 36.8 Å². The molecule has 2 atom stereocenters. The Bertz CT molecular complexity index is 661. The van der Waals surface area contributed by atoms with E-state index in [1.165, 1.54) is 11.1 Å². The lowest BCUT2D eigenvalue weighted by molar-refractivity contribution is 0.164. The third kappa shape index (κ3) is 1.58. The Labute approximate surface area is 125 Å². The van der Waals surface area contributed by atoms with Crippen LogP contribution in [0.15, 0.2) is 35.9 Å². The summed E-state index contributed by atoms with van der Waals surface area (Å²) in [5, 5.41) is 10.8. The monoisotopic (exact) mass is 283 g/mol. The lowest BCUT2D eigenvalue weighted by Crippen LogP contribution is -2.54. The third-order valence-corrected chi connectivity index (χ3v) is 5.55. The molecule has 2 bridgehead atoms. The van der Waals surface area contributed by atoms with E-state index < -0.39 is 0 Å². The van der Waals surface area contributed by atoms with Crippen LogP contribution in [0, 0.1) is 0 Å². The number of hydrogen-bond acceptors (Lipinski definition) is 3. The number of ether oxygens (including phenoxy) is 1. The number of allylic oxidation sites excluding steroid dienone is 3. The van der Waals surface area contributed by atoms with E-state index in [9.17, 15) is 5.11 Å². The smallest absolute Gasteiger partial charge is 0.162 e. The Hall–Kier alpha value is -1.74. The molecule has 3 aliphatic rings. The first-order valence-corrected chi connectivity index (χ1v) is 7.64. The first-order chi connectivity index (χ1) is 10.2. The maximum atomic E-state index is 10.8. The first kappa shape index (κ1) is 13.0. The molecule has 1 heterocycles. The highest BCUT2D eigenvalue weighted by Gasteiger charge is 2.50. The Morgan fingerprint density at radius 2 is 2.24 bits per heavy atom. The van der Waals surface area contributed by atoms with E-state index in [1.54, 1.807) is 7.11 Å². The number of piperidine rings is 1. The van der Waals surface area contributed by atoms with E-state index in [0.29, 0.717) is 17.5 Å². The second-order valence-electron chi connectivity index (χ2n) is 6.44. The molecule has 21 heavy (non-hydrogen) atoms. The molecule has 1 N–H and O–H groups in total. The van der Waals surface area contributed by atoms with E-state index in [0.717, 1.165) is 31.4 Å². The minimum absolute atomic E-state index is 0.0296. The number of benzene rings is 1. The van der Waals surface area contributed by atoms with Crippen molar-refractivity contribution in [3.63, 3.8) is 0 Å². The average Bonchev–Trinajstić information content (AvgIpc) is 2.51. The molecule has 4 rings (SSSR count). The zero-order valence-electron chi connectivity index (χ0n) is 12.6. The molecule has 1 saturated heterocycles. The second kappa shape index (κ2) is 4.38. The molecule has 2 aliphatic carbocycles. The highest BCUT2D eigenvalue weighted by molar-refractivity contribution is 5.62. The van der Waals surface area contributed by atoms with Gasteiger partial charge in [0.05, 0.1) is 7.11 Å². The topological polar surface area (TPSA) is 32.7 Å². The van der Waals surface area contributed by atoms with Crippen molar-refractivity contribution in [3.05, 3.63) is 47.1 Å². The van der Waals surface area contributed by atoms with Gasteiger partial charge in [0.25, 0.3) is 0 Å². The minimum atomic E-state index is -0.0296. The summed E-state index contributed by atoms with van der Waals surface area (Å²) in [6.45, 7) is 1.08. The molecular weight excluding hydrogens is 262 g/mol. The Kier molecular flexibility index (Phi) is 2.70. The fourth-order valence-corrected chi connectivity index (χ4v) is 4.48. The third-order valence-electron chi connectivity index (χ3n) is 5.55. The zero-order valence-corrected chi connectivity index (χ0v) is 12.6. The molecule has 0 radical (unpaired) electrons. The summed E-state index contributed by atoms with van der Waals surface area (Å²) in [6, 6.07) is 4.49. The van der Waals surface area contributed by atoms with Gasteiger partial charge in [-0.25, -0.2) is 0 Å². The highest BCUT2D eigenvalue weighted by atomic mass is 16.5. The van der Waals surface area contributed by atoms with E-state index in [-0.39, 0.29) is 5.41 Å². The molecule has 0 amide bonds. The van der Waals surface area contributed by atoms with Crippen molar-refractivity contribution in [3.8, 4) is 11.5 Å². The molecule has 3 heteroatoms. The molecular formula is C18H21NO2. The summed E-state index contributed by atoms with van der Waals surface area (Å²) in [5.74, 6) is 0.939. The van der Waals surface area contributed by atoms with Gasteiger partial charge in [-0.2, -0.15) is 0 Å². The summed E-state index contributed by atoms with van der Waals surface area (Å²) < 4.78 is 5.35. The lowest BCUT2D eigenvalue weighted by Gasteiger charge is -2.53. The number of phenolic OH excluding ortho intramolecular Hbond substituents is 1. The maximum Gasteiger partial charge on any atom is 0.162 e. The van der Waals surface area contributed by atoms with Gasteiger partial charge in [-0.3, -0.25) is 4.90 Å². The highest BCUT2D eigenvalue weighted by Crippen LogP contribution is 2.56. The Morgan fingerprint density at radius 3 is 3.05 bits per heavy atom. The van der Waals surface area contributed by atoms with Crippen LogP contribution < -0.4 is 4.74 Å². The van der Waals surface area contributed by atoms with Crippen LogP contribution in [-0.2, 0) is 11.8 Å². The molecule has 0 aromatic heterocycles. The van der Waals surface area contributed by atoms with Gasteiger partial charge in [0.2, 0.25) is 0 Å². The molecule has 3 nitrogen and oxygen atoms in total. The average molecular weight is 283 g/mol. The Morgan fingerprint density at radius 1 is 1.38 bits per heavy atom. The molecule has 1 aromatic carbocycles. The van der Waals surface area contributed by atoms with Crippen molar-refractivity contribution in [2.75, 3.05) is 20.7 Å². The van der Waals surface area contributed by atoms with Crippen LogP contribution in [0.25, 0.3) is 0 Å². The molecule has 1 aliphatic heterocycles. The molecule has 0 saturated carbocycles. The predicted octanol–water partition coefficient (Wildman–Crippen LogP) is 2.79. The molecule has 1 aromatic rings. The summed E-state index contributed by atoms with van der Waals surface area (Å²) in [4.78, 5) is 2.45. The molecule has 110 valence electrons. The number of likely N-dealkylation sites (N-methyl/N-ethyl adjacent to an activating group) is 1.